The van der Waals surface area contributed by atoms with Gasteiger partial charge in [0.05, 0.1) is 6.10 Å². The van der Waals surface area contributed by atoms with E-state index in [1.54, 1.807) is 0 Å². The number of rotatable bonds is 7. The first-order chi connectivity index (χ1) is 7.21. The molecule has 1 saturated carbocycles. The van der Waals surface area contributed by atoms with Crippen LogP contribution >= 0.6 is 0 Å². The Morgan fingerprint density at radius 1 is 1.20 bits per heavy atom. The Hall–Kier alpha value is -0.0800. The van der Waals surface area contributed by atoms with E-state index in [0.717, 1.165) is 12.5 Å². The SMILES string of the molecule is CCOC1CC(NC(C)C(CC)CC)C1. The van der Waals surface area contributed by atoms with Crippen LogP contribution in [0.1, 0.15) is 53.4 Å². The van der Waals surface area contributed by atoms with Crippen molar-refractivity contribution < 1.29 is 4.74 Å². The number of ether oxygens (including phenoxy) is 1. The summed E-state index contributed by atoms with van der Waals surface area (Å²) >= 11 is 0. The van der Waals surface area contributed by atoms with Crippen molar-refractivity contribution in [3.05, 3.63) is 0 Å². The van der Waals surface area contributed by atoms with Crippen LogP contribution in [0.15, 0.2) is 0 Å². The lowest BCUT2D eigenvalue weighted by atomic mass is 9.86. The third-order valence-corrected chi connectivity index (χ3v) is 3.75. The van der Waals surface area contributed by atoms with Crippen LogP contribution in [0.25, 0.3) is 0 Å². The lowest BCUT2D eigenvalue weighted by molar-refractivity contribution is -0.0136. The highest BCUT2D eigenvalue weighted by molar-refractivity contribution is 4.88. The number of nitrogens with one attached hydrogen (secondary N) is 1. The molecule has 1 unspecified atom stereocenters. The highest BCUT2D eigenvalue weighted by Crippen LogP contribution is 2.25. The van der Waals surface area contributed by atoms with Crippen LogP contribution in [0.4, 0.5) is 0 Å². The van der Waals surface area contributed by atoms with Crippen molar-refractivity contribution in [2.45, 2.75) is 71.6 Å². The molecule has 0 aliphatic heterocycles. The molecule has 2 nitrogen and oxygen atoms in total. The fraction of sp³-hybridized carbons (Fsp3) is 1.00. The van der Waals surface area contributed by atoms with E-state index in [4.69, 9.17) is 4.74 Å². The molecule has 0 aromatic carbocycles. The third-order valence-electron chi connectivity index (χ3n) is 3.75. The van der Waals surface area contributed by atoms with E-state index in [2.05, 4.69) is 33.0 Å². The summed E-state index contributed by atoms with van der Waals surface area (Å²) in [6.45, 7) is 9.84. The van der Waals surface area contributed by atoms with Gasteiger partial charge < -0.3 is 10.1 Å². The largest absolute Gasteiger partial charge is 0.378 e. The molecule has 1 atom stereocenters. The van der Waals surface area contributed by atoms with Crippen LogP contribution < -0.4 is 5.32 Å². The van der Waals surface area contributed by atoms with Crippen LogP contribution in [-0.2, 0) is 4.74 Å². The first-order valence-corrected chi connectivity index (χ1v) is 6.58. The smallest absolute Gasteiger partial charge is 0.0604 e. The second-order valence-electron chi connectivity index (χ2n) is 4.78. The minimum Gasteiger partial charge on any atom is -0.378 e. The molecule has 0 aromatic heterocycles. The summed E-state index contributed by atoms with van der Waals surface area (Å²) in [6.07, 6.45) is 5.51. The molecule has 2 heteroatoms. The summed E-state index contributed by atoms with van der Waals surface area (Å²) < 4.78 is 5.56. The zero-order chi connectivity index (χ0) is 11.3. The van der Waals surface area contributed by atoms with Gasteiger partial charge >= 0.3 is 0 Å². The summed E-state index contributed by atoms with van der Waals surface area (Å²) in [7, 11) is 0. The van der Waals surface area contributed by atoms with Crippen molar-refractivity contribution in [2.24, 2.45) is 5.92 Å². The second kappa shape index (κ2) is 6.49. The van der Waals surface area contributed by atoms with E-state index in [9.17, 15) is 0 Å². The zero-order valence-corrected chi connectivity index (χ0v) is 10.8. The van der Waals surface area contributed by atoms with Gasteiger partial charge in [-0.3, -0.25) is 0 Å². The second-order valence-corrected chi connectivity index (χ2v) is 4.78. The molecule has 0 saturated heterocycles. The molecule has 0 amide bonds. The van der Waals surface area contributed by atoms with E-state index >= 15 is 0 Å². The highest BCUT2D eigenvalue weighted by atomic mass is 16.5. The summed E-state index contributed by atoms with van der Waals surface area (Å²) in [5, 5.41) is 3.73. The lowest BCUT2D eigenvalue weighted by Crippen LogP contribution is -2.50. The van der Waals surface area contributed by atoms with Gasteiger partial charge in [0.15, 0.2) is 0 Å². The van der Waals surface area contributed by atoms with Gasteiger partial charge in [0, 0.05) is 18.7 Å². The molecule has 0 bridgehead atoms. The van der Waals surface area contributed by atoms with Gasteiger partial charge in [-0.1, -0.05) is 26.7 Å². The van der Waals surface area contributed by atoms with Crippen LogP contribution in [0, 0.1) is 5.92 Å². The van der Waals surface area contributed by atoms with Gasteiger partial charge in [0.2, 0.25) is 0 Å². The van der Waals surface area contributed by atoms with Gasteiger partial charge in [-0.2, -0.15) is 0 Å². The molecule has 0 radical (unpaired) electrons. The Balaban J connectivity index is 2.15. The Bertz CT molecular complexity index is 162. The zero-order valence-electron chi connectivity index (χ0n) is 10.8. The van der Waals surface area contributed by atoms with E-state index in [1.807, 2.05) is 0 Å². The number of hydrogen-bond donors (Lipinski definition) is 1. The topological polar surface area (TPSA) is 21.3 Å². The maximum Gasteiger partial charge on any atom is 0.0604 e. The molecule has 0 aromatic rings. The van der Waals surface area contributed by atoms with Crippen molar-refractivity contribution >= 4 is 0 Å². The Morgan fingerprint density at radius 2 is 1.80 bits per heavy atom. The van der Waals surface area contributed by atoms with Crippen molar-refractivity contribution in [1.82, 2.24) is 5.32 Å². The van der Waals surface area contributed by atoms with Crippen LogP contribution in [-0.4, -0.2) is 24.8 Å². The molecule has 1 fully saturated rings. The molecular formula is C13H27NO. The minimum absolute atomic E-state index is 0.529. The van der Waals surface area contributed by atoms with Gasteiger partial charge in [-0.25, -0.2) is 0 Å². The van der Waals surface area contributed by atoms with Crippen molar-refractivity contribution in [2.75, 3.05) is 6.61 Å². The molecular weight excluding hydrogens is 186 g/mol. The van der Waals surface area contributed by atoms with Crippen LogP contribution in [0.3, 0.4) is 0 Å². The van der Waals surface area contributed by atoms with Gasteiger partial charge in [0.25, 0.3) is 0 Å². The van der Waals surface area contributed by atoms with Gasteiger partial charge in [-0.05, 0) is 32.6 Å². The fourth-order valence-corrected chi connectivity index (χ4v) is 2.58. The average molecular weight is 213 g/mol. The molecule has 1 N–H and O–H groups in total. The summed E-state index contributed by atoms with van der Waals surface area (Å²) in [4.78, 5) is 0. The molecule has 1 aliphatic carbocycles. The molecule has 1 aliphatic rings. The molecule has 0 heterocycles. The van der Waals surface area contributed by atoms with Crippen LogP contribution in [0.2, 0.25) is 0 Å². The maximum absolute atomic E-state index is 5.56. The average Bonchev–Trinajstić information content (AvgIpc) is 2.16. The van der Waals surface area contributed by atoms with E-state index in [1.165, 1.54) is 25.7 Å². The maximum atomic E-state index is 5.56. The quantitative estimate of drug-likeness (QED) is 0.702. The molecule has 0 spiro atoms. The Morgan fingerprint density at radius 3 is 2.27 bits per heavy atom. The first kappa shape index (κ1) is 13.0. The summed E-state index contributed by atoms with van der Waals surface area (Å²) in [6, 6.07) is 1.37. The van der Waals surface area contributed by atoms with E-state index in [0.29, 0.717) is 18.2 Å². The first-order valence-electron chi connectivity index (χ1n) is 6.58. The number of hydrogen-bond acceptors (Lipinski definition) is 2. The fourth-order valence-electron chi connectivity index (χ4n) is 2.58. The summed E-state index contributed by atoms with van der Waals surface area (Å²) in [5.74, 6) is 0.830. The normalized spacial score (nSPS) is 27.8. The Labute approximate surface area is 94.8 Å². The van der Waals surface area contributed by atoms with Crippen LogP contribution in [0.5, 0.6) is 0 Å². The van der Waals surface area contributed by atoms with E-state index < -0.39 is 0 Å². The van der Waals surface area contributed by atoms with Crippen molar-refractivity contribution in [3.63, 3.8) is 0 Å². The predicted molar refractivity (Wildman–Crippen MR) is 65.1 cm³/mol. The van der Waals surface area contributed by atoms with Gasteiger partial charge in [0.1, 0.15) is 0 Å². The monoisotopic (exact) mass is 213 g/mol. The standard InChI is InChI=1S/C13H27NO/c1-5-11(6-2)10(4)14-12-8-13(9-12)15-7-3/h10-14H,5-9H2,1-4H3. The lowest BCUT2D eigenvalue weighted by Gasteiger charge is -2.39. The predicted octanol–water partition coefficient (Wildman–Crippen LogP) is 2.97. The third kappa shape index (κ3) is 3.76. The van der Waals surface area contributed by atoms with Crippen molar-refractivity contribution in [1.29, 1.82) is 0 Å². The minimum atomic E-state index is 0.529. The highest BCUT2D eigenvalue weighted by Gasteiger charge is 2.31. The molecule has 1 rings (SSSR count). The van der Waals surface area contributed by atoms with Crippen molar-refractivity contribution in [3.8, 4) is 0 Å². The molecule has 90 valence electrons. The van der Waals surface area contributed by atoms with Gasteiger partial charge in [-0.15, -0.1) is 0 Å². The molecule has 15 heavy (non-hydrogen) atoms. The Kier molecular flexibility index (Phi) is 5.62. The van der Waals surface area contributed by atoms with E-state index in [-0.39, 0.29) is 0 Å². The summed E-state index contributed by atoms with van der Waals surface area (Å²) in [5.41, 5.74) is 0.